The number of nitrogens with zero attached hydrogens (tertiary/aromatic N) is 3. The van der Waals surface area contributed by atoms with Crippen molar-refractivity contribution in [3.63, 3.8) is 0 Å². The monoisotopic (exact) mass is 396 g/mol. The van der Waals surface area contributed by atoms with E-state index < -0.39 is 0 Å². The number of anilines is 2. The molecule has 154 valence electrons. The predicted molar refractivity (Wildman–Crippen MR) is 115 cm³/mol. The van der Waals surface area contributed by atoms with Gasteiger partial charge in [-0.15, -0.1) is 0 Å². The Hall–Kier alpha value is -3.09. The van der Waals surface area contributed by atoms with Crippen LogP contribution in [-0.2, 0) is 4.79 Å². The van der Waals surface area contributed by atoms with Gasteiger partial charge in [0.2, 0.25) is 5.91 Å². The second-order valence-corrected chi connectivity index (χ2v) is 7.35. The minimum Gasteiger partial charge on any atom is -0.373 e. The van der Waals surface area contributed by atoms with Crippen LogP contribution in [-0.4, -0.2) is 41.9 Å². The van der Waals surface area contributed by atoms with E-state index in [1.807, 2.05) is 55.1 Å². The summed E-state index contributed by atoms with van der Waals surface area (Å²) in [5, 5.41) is 14.8. The second kappa shape index (κ2) is 9.41. The molecule has 29 heavy (non-hydrogen) atoms. The van der Waals surface area contributed by atoms with Crippen LogP contribution >= 0.6 is 0 Å². The largest absolute Gasteiger partial charge is 0.373 e. The van der Waals surface area contributed by atoms with Crippen molar-refractivity contribution in [2.24, 2.45) is 0 Å². The summed E-state index contributed by atoms with van der Waals surface area (Å²) in [7, 11) is 0. The first-order valence-corrected chi connectivity index (χ1v) is 10.1. The molecule has 0 bridgehead atoms. The molecule has 7 nitrogen and oxygen atoms in total. The van der Waals surface area contributed by atoms with Gasteiger partial charge in [0, 0.05) is 50.4 Å². The molecule has 1 N–H and O–H groups in total. The van der Waals surface area contributed by atoms with Gasteiger partial charge in [-0.1, -0.05) is 37.3 Å². The third kappa shape index (κ3) is 5.04. The number of carbonyl (C=O) groups excluding carboxylic acids is 1. The molecule has 1 saturated heterocycles. The highest BCUT2D eigenvalue weighted by Crippen LogP contribution is 2.32. The van der Waals surface area contributed by atoms with Crippen LogP contribution in [0.3, 0.4) is 0 Å². The maximum absolute atomic E-state index is 12.1. The molecule has 1 fully saturated rings. The fourth-order valence-corrected chi connectivity index (χ4v) is 3.64. The van der Waals surface area contributed by atoms with E-state index in [0.717, 1.165) is 30.8 Å². The fraction of sp³-hybridized carbons (Fsp3) is 0.409. The molecule has 1 atom stereocenters. The molecule has 0 saturated carbocycles. The van der Waals surface area contributed by atoms with Gasteiger partial charge in [-0.25, -0.2) is 0 Å². The van der Waals surface area contributed by atoms with E-state index in [1.54, 1.807) is 12.1 Å². The summed E-state index contributed by atoms with van der Waals surface area (Å²) < 4.78 is 0. The van der Waals surface area contributed by atoms with Crippen molar-refractivity contribution in [2.75, 3.05) is 36.4 Å². The lowest BCUT2D eigenvalue weighted by Crippen LogP contribution is -2.48. The van der Waals surface area contributed by atoms with E-state index in [0.29, 0.717) is 25.2 Å². The Morgan fingerprint density at radius 1 is 1.14 bits per heavy atom. The molecule has 1 amide bonds. The molecule has 2 aromatic carbocycles. The average molecular weight is 396 g/mol. The van der Waals surface area contributed by atoms with Gasteiger partial charge in [-0.05, 0) is 31.0 Å². The van der Waals surface area contributed by atoms with Gasteiger partial charge in [-0.3, -0.25) is 14.9 Å². The minimum absolute atomic E-state index is 0.0614. The van der Waals surface area contributed by atoms with Crippen LogP contribution in [0, 0.1) is 10.1 Å². The molecule has 1 heterocycles. The van der Waals surface area contributed by atoms with Gasteiger partial charge in [0.15, 0.2) is 0 Å². The highest BCUT2D eigenvalue weighted by Gasteiger charge is 2.23. The van der Waals surface area contributed by atoms with E-state index in [4.69, 9.17) is 0 Å². The maximum atomic E-state index is 12.1. The number of amides is 1. The van der Waals surface area contributed by atoms with E-state index >= 15 is 0 Å². The molecule has 0 radical (unpaired) electrons. The Balaban J connectivity index is 1.75. The van der Waals surface area contributed by atoms with Crippen molar-refractivity contribution in [1.29, 1.82) is 0 Å². The maximum Gasteiger partial charge on any atom is 0.292 e. The van der Waals surface area contributed by atoms with Crippen molar-refractivity contribution < 1.29 is 9.72 Å². The van der Waals surface area contributed by atoms with Gasteiger partial charge >= 0.3 is 0 Å². The molecule has 0 aliphatic carbocycles. The quantitative estimate of drug-likeness (QED) is 0.560. The van der Waals surface area contributed by atoms with Crippen LogP contribution in [0.5, 0.6) is 0 Å². The molecular weight excluding hydrogens is 368 g/mol. The Morgan fingerprint density at radius 2 is 1.83 bits per heavy atom. The number of hydrogen-bond donors (Lipinski definition) is 1. The lowest BCUT2D eigenvalue weighted by Gasteiger charge is -2.36. The number of rotatable bonds is 7. The van der Waals surface area contributed by atoms with Crippen molar-refractivity contribution in [3.05, 3.63) is 64.2 Å². The van der Waals surface area contributed by atoms with E-state index in [-0.39, 0.29) is 22.6 Å². The van der Waals surface area contributed by atoms with Crippen molar-refractivity contribution in [2.45, 2.75) is 32.7 Å². The summed E-state index contributed by atoms with van der Waals surface area (Å²) >= 11 is 0. The Morgan fingerprint density at radius 3 is 2.45 bits per heavy atom. The van der Waals surface area contributed by atoms with Crippen molar-refractivity contribution >= 4 is 23.0 Å². The number of benzene rings is 2. The Bertz CT molecular complexity index is 848. The summed E-state index contributed by atoms with van der Waals surface area (Å²) in [6, 6.07) is 15.0. The van der Waals surface area contributed by atoms with Crippen LogP contribution in [0.1, 0.15) is 38.3 Å². The number of hydrogen-bond acceptors (Lipinski definition) is 5. The molecule has 0 spiro atoms. The van der Waals surface area contributed by atoms with Crippen LogP contribution in [0.4, 0.5) is 17.1 Å². The standard InChI is InChI=1S/C22H28N4O3/c1-3-7-22(27)25-14-12-24(13-15-25)19-10-11-21(26(28)29)20(16-19)23-17(2)18-8-5-4-6-9-18/h4-6,8-11,16-17,23H,3,7,12-15H2,1-2H3/t17-/m1/s1. The summed E-state index contributed by atoms with van der Waals surface area (Å²) in [5.74, 6) is 0.204. The zero-order chi connectivity index (χ0) is 20.8. The fourth-order valence-electron chi connectivity index (χ4n) is 3.64. The zero-order valence-electron chi connectivity index (χ0n) is 17.0. The number of nitrogens with one attached hydrogen (secondary N) is 1. The number of piperazine rings is 1. The number of carbonyl (C=O) groups is 1. The normalized spacial score (nSPS) is 15.1. The van der Waals surface area contributed by atoms with Crippen LogP contribution < -0.4 is 10.2 Å². The molecular formula is C22H28N4O3. The smallest absolute Gasteiger partial charge is 0.292 e. The van der Waals surface area contributed by atoms with Crippen molar-refractivity contribution in [3.8, 4) is 0 Å². The highest BCUT2D eigenvalue weighted by atomic mass is 16.6. The van der Waals surface area contributed by atoms with Gasteiger partial charge < -0.3 is 15.1 Å². The molecule has 0 aromatic heterocycles. The first-order chi connectivity index (χ1) is 14.0. The number of nitro groups is 1. The van der Waals surface area contributed by atoms with E-state index in [2.05, 4.69) is 10.2 Å². The topological polar surface area (TPSA) is 78.7 Å². The van der Waals surface area contributed by atoms with Crippen molar-refractivity contribution in [1.82, 2.24) is 4.90 Å². The summed E-state index contributed by atoms with van der Waals surface area (Å²) in [6.45, 7) is 6.81. The third-order valence-corrected chi connectivity index (χ3v) is 5.31. The van der Waals surface area contributed by atoms with Crippen LogP contribution in [0.2, 0.25) is 0 Å². The minimum atomic E-state index is -0.356. The molecule has 2 aromatic rings. The molecule has 1 aliphatic heterocycles. The lowest BCUT2D eigenvalue weighted by atomic mass is 10.1. The Kier molecular flexibility index (Phi) is 6.69. The first kappa shape index (κ1) is 20.6. The number of nitro benzene ring substituents is 1. The summed E-state index contributed by atoms with van der Waals surface area (Å²) in [5.41, 5.74) is 2.57. The SMILES string of the molecule is CCCC(=O)N1CCN(c2ccc([N+](=O)[O-])c(N[C@H](C)c3ccccc3)c2)CC1. The summed E-state index contributed by atoms with van der Waals surface area (Å²) in [6.07, 6.45) is 1.44. The average Bonchev–Trinajstić information content (AvgIpc) is 2.74. The van der Waals surface area contributed by atoms with Crippen LogP contribution in [0.25, 0.3) is 0 Å². The highest BCUT2D eigenvalue weighted by molar-refractivity contribution is 5.76. The second-order valence-electron chi connectivity index (χ2n) is 7.35. The van der Waals surface area contributed by atoms with E-state index in [1.165, 1.54) is 0 Å². The summed E-state index contributed by atoms with van der Waals surface area (Å²) in [4.78, 5) is 27.3. The van der Waals surface area contributed by atoms with Gasteiger partial charge in [0.1, 0.15) is 5.69 Å². The third-order valence-electron chi connectivity index (χ3n) is 5.31. The zero-order valence-corrected chi connectivity index (χ0v) is 17.0. The van der Waals surface area contributed by atoms with Gasteiger partial charge in [0.05, 0.1) is 4.92 Å². The first-order valence-electron chi connectivity index (χ1n) is 10.1. The van der Waals surface area contributed by atoms with Gasteiger partial charge in [-0.2, -0.15) is 0 Å². The predicted octanol–water partition coefficient (Wildman–Crippen LogP) is 4.22. The molecule has 7 heteroatoms. The van der Waals surface area contributed by atoms with Gasteiger partial charge in [0.25, 0.3) is 5.69 Å². The lowest BCUT2D eigenvalue weighted by molar-refractivity contribution is -0.384. The molecule has 1 aliphatic rings. The molecule has 0 unspecified atom stereocenters. The van der Waals surface area contributed by atoms with E-state index in [9.17, 15) is 14.9 Å². The Labute approximate surface area is 171 Å². The van der Waals surface area contributed by atoms with Crippen LogP contribution in [0.15, 0.2) is 48.5 Å². The molecule has 3 rings (SSSR count).